The van der Waals surface area contributed by atoms with E-state index in [1.165, 1.54) is 0 Å². The van der Waals surface area contributed by atoms with E-state index in [4.69, 9.17) is 4.74 Å². The van der Waals surface area contributed by atoms with Crippen molar-refractivity contribution in [2.75, 3.05) is 35.2 Å². The van der Waals surface area contributed by atoms with Gasteiger partial charge in [-0.15, -0.1) is 0 Å². The monoisotopic (exact) mass is 443 g/mol. The van der Waals surface area contributed by atoms with Crippen molar-refractivity contribution in [2.45, 2.75) is 13.8 Å². The number of nitrogens with zero attached hydrogens (tertiary/aromatic N) is 1. The third-order valence-electron chi connectivity index (χ3n) is 4.84. The van der Waals surface area contributed by atoms with Crippen molar-refractivity contribution in [3.63, 3.8) is 0 Å². The fraction of sp³-hybridized carbons (Fsp3) is 0.185. The number of ether oxygens (including phenoxy) is 1. The average molecular weight is 444 g/mol. The summed E-state index contributed by atoms with van der Waals surface area (Å²) in [4.78, 5) is 26.9. The van der Waals surface area contributed by atoms with E-state index in [0.717, 1.165) is 22.7 Å². The highest BCUT2D eigenvalue weighted by molar-refractivity contribution is 6.06. The van der Waals surface area contributed by atoms with Crippen LogP contribution in [0.4, 0.5) is 17.1 Å². The molecule has 0 aromatic heterocycles. The van der Waals surface area contributed by atoms with Gasteiger partial charge in [0.1, 0.15) is 12.4 Å². The first kappa shape index (κ1) is 23.6. The maximum atomic E-state index is 12.9. The topological polar surface area (TPSA) is 70.7 Å². The van der Waals surface area contributed by atoms with E-state index in [9.17, 15) is 9.59 Å². The van der Waals surface area contributed by atoms with Gasteiger partial charge in [0, 0.05) is 29.2 Å². The Hall–Kier alpha value is -4.06. The van der Waals surface area contributed by atoms with Crippen molar-refractivity contribution >= 4 is 28.9 Å². The lowest BCUT2D eigenvalue weighted by Gasteiger charge is -2.21. The standard InChI is InChI=1S/C27H29N3O3/c1-4-30(24-8-6-5-7-9-24)27(32)21-10-12-22(13-11-21)28-18-26(31)29-23-14-16-25(17-15-23)33-19-20(2)3/h5-17,28H,2,4,18-19H2,1,3H3,(H,29,31). The highest BCUT2D eigenvalue weighted by Gasteiger charge is 2.15. The predicted molar refractivity (Wildman–Crippen MR) is 134 cm³/mol. The fourth-order valence-electron chi connectivity index (χ4n) is 3.17. The van der Waals surface area contributed by atoms with Gasteiger partial charge in [-0.25, -0.2) is 0 Å². The number of amides is 2. The van der Waals surface area contributed by atoms with Crippen LogP contribution in [0.3, 0.4) is 0 Å². The molecule has 0 radical (unpaired) electrons. The molecule has 6 nitrogen and oxygen atoms in total. The largest absolute Gasteiger partial charge is 0.489 e. The Bertz CT molecular complexity index is 1080. The molecule has 3 aromatic carbocycles. The number of rotatable bonds is 10. The van der Waals surface area contributed by atoms with Crippen molar-refractivity contribution in [1.29, 1.82) is 0 Å². The second kappa shape index (κ2) is 11.5. The molecule has 2 amide bonds. The van der Waals surface area contributed by atoms with Crippen LogP contribution in [-0.4, -0.2) is 31.5 Å². The van der Waals surface area contributed by atoms with Crippen LogP contribution in [0.1, 0.15) is 24.2 Å². The minimum Gasteiger partial charge on any atom is -0.489 e. The quantitative estimate of drug-likeness (QED) is 0.414. The van der Waals surface area contributed by atoms with E-state index >= 15 is 0 Å². The van der Waals surface area contributed by atoms with Crippen LogP contribution in [-0.2, 0) is 4.79 Å². The molecule has 0 unspecified atom stereocenters. The Morgan fingerprint density at radius 1 is 0.909 bits per heavy atom. The molecule has 3 aromatic rings. The zero-order valence-corrected chi connectivity index (χ0v) is 19.0. The third-order valence-corrected chi connectivity index (χ3v) is 4.84. The van der Waals surface area contributed by atoms with Crippen molar-refractivity contribution in [3.8, 4) is 5.75 Å². The molecule has 0 aliphatic rings. The van der Waals surface area contributed by atoms with E-state index in [-0.39, 0.29) is 18.4 Å². The van der Waals surface area contributed by atoms with Gasteiger partial charge in [-0.3, -0.25) is 9.59 Å². The molecule has 0 saturated heterocycles. The normalized spacial score (nSPS) is 10.2. The van der Waals surface area contributed by atoms with Gasteiger partial charge < -0.3 is 20.3 Å². The van der Waals surface area contributed by atoms with Crippen molar-refractivity contribution < 1.29 is 14.3 Å². The SMILES string of the molecule is C=C(C)COc1ccc(NC(=O)CNc2ccc(C(=O)N(CC)c3ccccc3)cc2)cc1. The number of benzene rings is 3. The molecular formula is C27H29N3O3. The number of para-hydroxylation sites is 1. The molecule has 0 aliphatic carbocycles. The van der Waals surface area contributed by atoms with Gasteiger partial charge in [0.25, 0.3) is 5.91 Å². The summed E-state index contributed by atoms with van der Waals surface area (Å²) in [5.74, 6) is 0.480. The van der Waals surface area contributed by atoms with E-state index in [1.54, 1.807) is 53.4 Å². The number of hydrogen-bond donors (Lipinski definition) is 2. The molecule has 170 valence electrons. The number of carbonyl (C=O) groups is 2. The molecule has 2 N–H and O–H groups in total. The lowest BCUT2D eigenvalue weighted by Crippen LogP contribution is -2.30. The highest BCUT2D eigenvalue weighted by atomic mass is 16.5. The molecule has 0 heterocycles. The smallest absolute Gasteiger partial charge is 0.258 e. The number of carbonyl (C=O) groups excluding carboxylic acids is 2. The average Bonchev–Trinajstić information content (AvgIpc) is 2.83. The maximum Gasteiger partial charge on any atom is 0.258 e. The van der Waals surface area contributed by atoms with E-state index in [0.29, 0.717) is 24.4 Å². The molecule has 0 bridgehead atoms. The minimum absolute atomic E-state index is 0.0660. The Balaban J connectivity index is 1.51. The Morgan fingerprint density at radius 3 is 2.15 bits per heavy atom. The van der Waals surface area contributed by atoms with E-state index in [1.807, 2.05) is 44.2 Å². The molecule has 0 atom stereocenters. The fourth-order valence-corrected chi connectivity index (χ4v) is 3.17. The van der Waals surface area contributed by atoms with Crippen LogP contribution < -0.4 is 20.3 Å². The van der Waals surface area contributed by atoms with Crippen LogP contribution in [0, 0.1) is 0 Å². The minimum atomic E-state index is -0.174. The zero-order chi connectivity index (χ0) is 23.6. The van der Waals surface area contributed by atoms with Gasteiger partial charge in [-0.05, 0) is 80.1 Å². The number of anilines is 3. The van der Waals surface area contributed by atoms with Gasteiger partial charge in [0.15, 0.2) is 0 Å². The van der Waals surface area contributed by atoms with Crippen LogP contribution >= 0.6 is 0 Å². The molecule has 3 rings (SSSR count). The second-order valence-electron chi connectivity index (χ2n) is 7.63. The highest BCUT2D eigenvalue weighted by Crippen LogP contribution is 2.19. The van der Waals surface area contributed by atoms with Crippen LogP contribution in [0.25, 0.3) is 0 Å². The first-order valence-electron chi connectivity index (χ1n) is 10.8. The maximum absolute atomic E-state index is 12.9. The molecular weight excluding hydrogens is 414 g/mol. The third kappa shape index (κ3) is 6.97. The van der Waals surface area contributed by atoms with E-state index < -0.39 is 0 Å². The number of hydrogen-bond acceptors (Lipinski definition) is 4. The van der Waals surface area contributed by atoms with Gasteiger partial charge in [-0.2, -0.15) is 0 Å². The van der Waals surface area contributed by atoms with Crippen molar-refractivity contribution in [3.05, 3.63) is 96.6 Å². The summed E-state index contributed by atoms with van der Waals surface area (Å²) in [6.07, 6.45) is 0. The van der Waals surface area contributed by atoms with Gasteiger partial charge >= 0.3 is 0 Å². The summed E-state index contributed by atoms with van der Waals surface area (Å²) in [5.41, 5.74) is 3.83. The summed E-state index contributed by atoms with van der Waals surface area (Å²) in [6.45, 7) is 8.79. The lowest BCUT2D eigenvalue weighted by atomic mass is 10.1. The van der Waals surface area contributed by atoms with Crippen molar-refractivity contribution in [1.82, 2.24) is 0 Å². The Morgan fingerprint density at radius 2 is 1.55 bits per heavy atom. The predicted octanol–water partition coefficient (Wildman–Crippen LogP) is 5.36. The lowest BCUT2D eigenvalue weighted by molar-refractivity contribution is -0.114. The Kier molecular flexibility index (Phi) is 8.24. The van der Waals surface area contributed by atoms with Gasteiger partial charge in [0.2, 0.25) is 5.91 Å². The van der Waals surface area contributed by atoms with Crippen LogP contribution in [0.15, 0.2) is 91.0 Å². The van der Waals surface area contributed by atoms with Crippen LogP contribution in [0.5, 0.6) is 5.75 Å². The number of nitrogens with one attached hydrogen (secondary N) is 2. The van der Waals surface area contributed by atoms with Crippen molar-refractivity contribution in [2.24, 2.45) is 0 Å². The summed E-state index contributed by atoms with van der Waals surface area (Å²) < 4.78 is 5.55. The first-order valence-corrected chi connectivity index (χ1v) is 10.8. The zero-order valence-electron chi connectivity index (χ0n) is 19.0. The summed E-state index contributed by atoms with van der Waals surface area (Å²) in [5, 5.41) is 5.92. The van der Waals surface area contributed by atoms with E-state index in [2.05, 4.69) is 17.2 Å². The molecule has 6 heteroatoms. The van der Waals surface area contributed by atoms with Crippen LogP contribution in [0.2, 0.25) is 0 Å². The van der Waals surface area contributed by atoms with Gasteiger partial charge in [-0.1, -0.05) is 24.8 Å². The molecule has 0 saturated carbocycles. The summed E-state index contributed by atoms with van der Waals surface area (Å²) in [6, 6.07) is 23.9. The molecule has 33 heavy (non-hydrogen) atoms. The second-order valence-corrected chi connectivity index (χ2v) is 7.63. The molecule has 0 spiro atoms. The molecule has 0 fully saturated rings. The Labute approximate surface area is 194 Å². The summed E-state index contributed by atoms with van der Waals surface area (Å²) in [7, 11) is 0. The molecule has 0 aliphatic heterocycles. The summed E-state index contributed by atoms with van der Waals surface area (Å²) >= 11 is 0. The first-order chi connectivity index (χ1) is 16.0. The van der Waals surface area contributed by atoms with Gasteiger partial charge in [0.05, 0.1) is 6.54 Å².